The first-order chi connectivity index (χ1) is 14.6. The molecule has 1 N–H and O–H groups in total. The van der Waals surface area contributed by atoms with Crippen molar-refractivity contribution in [3.8, 4) is 22.8 Å². The van der Waals surface area contributed by atoms with Crippen molar-refractivity contribution < 1.29 is 14.3 Å². The number of hydrogen-bond donors (Lipinski definition) is 1. The standard InChI is InChI=1S/C24H26N2O3S/c1-4-17-7-11-19(12-8-17)20-16-30-24(25-20)26-23(27)14-10-18-9-13-21(28-5-2)22(15-18)29-6-3/h7-16H,4-6H2,1-3H3,(H,25,26,27). The minimum absolute atomic E-state index is 0.232. The van der Waals surface area contributed by atoms with E-state index in [9.17, 15) is 4.79 Å². The molecule has 30 heavy (non-hydrogen) atoms. The SMILES string of the molecule is CCOc1ccc(C=CC(=O)Nc2nc(-c3ccc(CC)cc3)cs2)cc1OCC. The Morgan fingerprint density at radius 3 is 2.47 bits per heavy atom. The van der Waals surface area contributed by atoms with Crippen LogP contribution in [0, 0.1) is 0 Å². The molecular formula is C24H26N2O3S. The lowest BCUT2D eigenvalue weighted by atomic mass is 10.1. The maximum absolute atomic E-state index is 12.3. The lowest BCUT2D eigenvalue weighted by Crippen LogP contribution is -2.07. The summed E-state index contributed by atoms with van der Waals surface area (Å²) >= 11 is 1.41. The van der Waals surface area contributed by atoms with Gasteiger partial charge in [0.05, 0.1) is 18.9 Å². The third-order valence-corrected chi connectivity index (χ3v) is 5.14. The van der Waals surface area contributed by atoms with E-state index in [1.165, 1.54) is 23.0 Å². The van der Waals surface area contributed by atoms with E-state index in [1.54, 1.807) is 6.08 Å². The van der Waals surface area contributed by atoms with E-state index in [0.29, 0.717) is 29.8 Å². The summed E-state index contributed by atoms with van der Waals surface area (Å²) in [6, 6.07) is 13.9. The van der Waals surface area contributed by atoms with Crippen LogP contribution in [0.15, 0.2) is 53.9 Å². The normalized spacial score (nSPS) is 10.9. The number of hydrogen-bond acceptors (Lipinski definition) is 5. The zero-order valence-corrected chi connectivity index (χ0v) is 18.3. The maximum atomic E-state index is 12.3. The van der Waals surface area contributed by atoms with Gasteiger partial charge in [-0.15, -0.1) is 11.3 Å². The predicted molar refractivity (Wildman–Crippen MR) is 123 cm³/mol. The van der Waals surface area contributed by atoms with Crippen molar-refractivity contribution in [2.24, 2.45) is 0 Å². The number of benzene rings is 2. The molecule has 156 valence electrons. The van der Waals surface area contributed by atoms with Gasteiger partial charge in [0, 0.05) is 17.0 Å². The fraction of sp³-hybridized carbons (Fsp3) is 0.250. The molecule has 0 atom stereocenters. The number of ether oxygens (including phenoxy) is 2. The largest absolute Gasteiger partial charge is 0.490 e. The summed E-state index contributed by atoms with van der Waals surface area (Å²) in [6.07, 6.45) is 4.24. The van der Waals surface area contributed by atoms with E-state index in [0.717, 1.165) is 23.2 Å². The number of thiazole rings is 1. The van der Waals surface area contributed by atoms with E-state index in [4.69, 9.17) is 9.47 Å². The molecule has 3 rings (SSSR count). The molecule has 1 heterocycles. The molecule has 1 aromatic heterocycles. The summed E-state index contributed by atoms with van der Waals surface area (Å²) in [5.74, 6) is 1.13. The van der Waals surface area contributed by atoms with Crippen LogP contribution in [0.5, 0.6) is 11.5 Å². The van der Waals surface area contributed by atoms with Crippen molar-refractivity contribution in [2.75, 3.05) is 18.5 Å². The molecule has 0 saturated heterocycles. The molecular weight excluding hydrogens is 396 g/mol. The Morgan fingerprint density at radius 1 is 1.03 bits per heavy atom. The Balaban J connectivity index is 1.64. The second kappa shape index (κ2) is 10.6. The average molecular weight is 423 g/mol. The van der Waals surface area contributed by atoms with Gasteiger partial charge in [0.1, 0.15) is 0 Å². The molecule has 0 unspecified atom stereocenters. The summed E-state index contributed by atoms with van der Waals surface area (Å²) in [5.41, 5.74) is 4.04. The Hall–Kier alpha value is -3.12. The number of anilines is 1. The second-order valence-corrected chi connectivity index (χ2v) is 7.34. The Morgan fingerprint density at radius 2 is 1.77 bits per heavy atom. The highest BCUT2D eigenvalue weighted by molar-refractivity contribution is 7.14. The van der Waals surface area contributed by atoms with Gasteiger partial charge in [-0.25, -0.2) is 4.98 Å². The van der Waals surface area contributed by atoms with Crippen LogP contribution in [0.1, 0.15) is 31.9 Å². The molecule has 0 radical (unpaired) electrons. The molecule has 0 aliphatic carbocycles. The lowest BCUT2D eigenvalue weighted by molar-refractivity contribution is -0.111. The molecule has 1 amide bonds. The van der Waals surface area contributed by atoms with Crippen molar-refractivity contribution >= 4 is 28.5 Å². The third kappa shape index (κ3) is 5.70. The Bertz CT molecular complexity index is 1010. The van der Waals surface area contributed by atoms with Gasteiger partial charge in [0.15, 0.2) is 16.6 Å². The summed E-state index contributed by atoms with van der Waals surface area (Å²) in [5, 5.41) is 5.34. The van der Waals surface area contributed by atoms with Crippen molar-refractivity contribution in [2.45, 2.75) is 27.2 Å². The van der Waals surface area contributed by atoms with Crippen LogP contribution in [-0.2, 0) is 11.2 Å². The van der Waals surface area contributed by atoms with Crippen molar-refractivity contribution in [3.05, 3.63) is 65.0 Å². The fourth-order valence-electron chi connectivity index (χ4n) is 2.87. The first-order valence-electron chi connectivity index (χ1n) is 10.1. The zero-order chi connectivity index (χ0) is 21.3. The van der Waals surface area contributed by atoms with Crippen LogP contribution in [0.3, 0.4) is 0 Å². The molecule has 0 aliphatic heterocycles. The molecule has 3 aromatic rings. The van der Waals surface area contributed by atoms with Crippen LogP contribution >= 0.6 is 11.3 Å². The minimum atomic E-state index is -0.232. The lowest BCUT2D eigenvalue weighted by Gasteiger charge is -2.11. The number of amides is 1. The first kappa shape index (κ1) is 21.6. The number of rotatable bonds is 9. The average Bonchev–Trinajstić information content (AvgIpc) is 3.22. The molecule has 2 aromatic carbocycles. The molecule has 5 nitrogen and oxygen atoms in total. The topological polar surface area (TPSA) is 60.5 Å². The van der Waals surface area contributed by atoms with Crippen LogP contribution in [0.25, 0.3) is 17.3 Å². The van der Waals surface area contributed by atoms with Gasteiger partial charge < -0.3 is 9.47 Å². The van der Waals surface area contributed by atoms with Crippen molar-refractivity contribution in [3.63, 3.8) is 0 Å². The van der Waals surface area contributed by atoms with E-state index in [2.05, 4.69) is 41.5 Å². The van der Waals surface area contributed by atoms with Gasteiger partial charge in [-0.2, -0.15) is 0 Å². The van der Waals surface area contributed by atoms with Crippen LogP contribution in [0.2, 0.25) is 0 Å². The van der Waals surface area contributed by atoms with E-state index in [1.807, 2.05) is 37.4 Å². The van der Waals surface area contributed by atoms with Gasteiger partial charge in [-0.1, -0.05) is 37.3 Å². The molecule has 0 saturated carbocycles. The van der Waals surface area contributed by atoms with Crippen molar-refractivity contribution in [1.29, 1.82) is 0 Å². The predicted octanol–water partition coefficient (Wildman–Crippen LogP) is 5.82. The highest BCUT2D eigenvalue weighted by Gasteiger charge is 2.08. The smallest absolute Gasteiger partial charge is 0.250 e. The monoisotopic (exact) mass is 422 g/mol. The molecule has 0 aliphatic rings. The van der Waals surface area contributed by atoms with E-state index in [-0.39, 0.29) is 5.91 Å². The number of carbonyl (C=O) groups is 1. The zero-order valence-electron chi connectivity index (χ0n) is 17.5. The van der Waals surface area contributed by atoms with E-state index >= 15 is 0 Å². The Labute approximate surface area is 181 Å². The highest BCUT2D eigenvalue weighted by atomic mass is 32.1. The number of carbonyl (C=O) groups excluding carboxylic acids is 1. The van der Waals surface area contributed by atoms with Gasteiger partial charge in [-0.3, -0.25) is 10.1 Å². The molecule has 0 spiro atoms. The summed E-state index contributed by atoms with van der Waals surface area (Å²) < 4.78 is 11.2. The maximum Gasteiger partial charge on any atom is 0.250 e. The molecule has 0 fully saturated rings. The molecule has 0 bridgehead atoms. The number of nitrogens with zero attached hydrogens (tertiary/aromatic N) is 1. The van der Waals surface area contributed by atoms with Gasteiger partial charge in [0.25, 0.3) is 0 Å². The van der Waals surface area contributed by atoms with Gasteiger partial charge >= 0.3 is 0 Å². The Kier molecular flexibility index (Phi) is 7.63. The molecule has 6 heteroatoms. The van der Waals surface area contributed by atoms with Gasteiger partial charge in [-0.05, 0) is 49.6 Å². The summed E-state index contributed by atoms with van der Waals surface area (Å²) in [6.45, 7) is 7.09. The highest BCUT2D eigenvalue weighted by Crippen LogP contribution is 2.29. The third-order valence-electron chi connectivity index (χ3n) is 4.39. The minimum Gasteiger partial charge on any atom is -0.490 e. The second-order valence-electron chi connectivity index (χ2n) is 6.48. The summed E-state index contributed by atoms with van der Waals surface area (Å²) in [4.78, 5) is 16.8. The van der Waals surface area contributed by atoms with Crippen LogP contribution in [0.4, 0.5) is 5.13 Å². The first-order valence-corrected chi connectivity index (χ1v) is 10.9. The number of nitrogens with one attached hydrogen (secondary N) is 1. The van der Waals surface area contributed by atoms with Gasteiger partial charge in [0.2, 0.25) is 5.91 Å². The number of aromatic nitrogens is 1. The summed E-state index contributed by atoms with van der Waals surface area (Å²) in [7, 11) is 0. The fourth-order valence-corrected chi connectivity index (χ4v) is 3.59. The quantitative estimate of drug-likeness (QED) is 0.441. The van der Waals surface area contributed by atoms with Crippen LogP contribution in [-0.4, -0.2) is 24.1 Å². The number of aryl methyl sites for hydroxylation is 1. The van der Waals surface area contributed by atoms with E-state index < -0.39 is 0 Å². The van der Waals surface area contributed by atoms with Crippen molar-refractivity contribution in [1.82, 2.24) is 4.98 Å². The van der Waals surface area contributed by atoms with Crippen LogP contribution < -0.4 is 14.8 Å².